The van der Waals surface area contributed by atoms with Gasteiger partial charge >= 0.3 is 0 Å². The Morgan fingerprint density at radius 2 is 1.66 bits per heavy atom. The fourth-order valence-electron chi connectivity index (χ4n) is 4.33. The van der Waals surface area contributed by atoms with Crippen LogP contribution in [0.25, 0.3) is 0 Å². The van der Waals surface area contributed by atoms with Crippen molar-refractivity contribution in [3.8, 4) is 0 Å². The van der Waals surface area contributed by atoms with Gasteiger partial charge in [-0.25, -0.2) is 8.42 Å². The van der Waals surface area contributed by atoms with Gasteiger partial charge in [0, 0.05) is 11.7 Å². The average molecular weight is 449 g/mol. The topological polar surface area (TPSA) is 57.7 Å². The molecule has 5 nitrogen and oxygen atoms in total. The molecule has 1 amide bonds. The summed E-state index contributed by atoms with van der Waals surface area (Å²) in [5.41, 5.74) is 4.37. The van der Waals surface area contributed by atoms with E-state index < -0.39 is 10.0 Å². The number of hydrogen-bond donors (Lipinski definition) is 0. The fourth-order valence-corrected chi connectivity index (χ4v) is 5.79. The zero-order valence-electron chi connectivity index (χ0n) is 18.7. The number of carbonyl (C=O) groups excluding carboxylic acids is 1. The third-order valence-electron chi connectivity index (χ3n) is 6.01. The fraction of sp³-hybridized carbons (Fsp3) is 0.269. The Morgan fingerprint density at radius 1 is 1.00 bits per heavy atom. The Labute approximate surface area is 190 Å². The maximum absolute atomic E-state index is 13.7. The lowest BCUT2D eigenvalue weighted by Gasteiger charge is -2.30. The van der Waals surface area contributed by atoms with Gasteiger partial charge in [-0.15, -0.1) is 0 Å². The summed E-state index contributed by atoms with van der Waals surface area (Å²) >= 11 is 0. The normalized spacial score (nSPS) is 15.5. The highest BCUT2D eigenvalue weighted by Crippen LogP contribution is 2.33. The zero-order valence-corrected chi connectivity index (χ0v) is 19.5. The molecule has 0 aliphatic carbocycles. The summed E-state index contributed by atoms with van der Waals surface area (Å²) < 4.78 is 28.8. The van der Waals surface area contributed by atoms with Gasteiger partial charge in [0.15, 0.2) is 0 Å². The van der Waals surface area contributed by atoms with Crippen LogP contribution >= 0.6 is 0 Å². The maximum Gasteiger partial charge on any atom is 0.264 e. The number of carbonyl (C=O) groups is 1. The molecule has 0 saturated heterocycles. The molecule has 6 heteroatoms. The van der Waals surface area contributed by atoms with Gasteiger partial charge in [-0.1, -0.05) is 61.0 Å². The van der Waals surface area contributed by atoms with Gasteiger partial charge in [-0.05, 0) is 62.1 Å². The van der Waals surface area contributed by atoms with Crippen LogP contribution in [-0.4, -0.2) is 26.9 Å². The first kappa shape index (κ1) is 22.1. The number of rotatable bonds is 6. The van der Waals surface area contributed by atoms with Crippen LogP contribution in [-0.2, 0) is 27.7 Å². The molecule has 0 saturated carbocycles. The zero-order chi connectivity index (χ0) is 22.9. The highest BCUT2D eigenvalue weighted by molar-refractivity contribution is 7.92. The number of fused-ring (bicyclic) bond motifs is 1. The molecule has 0 radical (unpaired) electrons. The third kappa shape index (κ3) is 4.02. The average Bonchev–Trinajstić information content (AvgIpc) is 3.13. The van der Waals surface area contributed by atoms with E-state index in [4.69, 9.17) is 0 Å². The van der Waals surface area contributed by atoms with Gasteiger partial charge in [-0.3, -0.25) is 9.10 Å². The summed E-state index contributed by atoms with van der Waals surface area (Å²) in [6, 6.07) is 21.9. The Hall–Kier alpha value is -3.12. The lowest BCUT2D eigenvalue weighted by atomic mass is 10.1. The molecule has 1 unspecified atom stereocenters. The predicted molar refractivity (Wildman–Crippen MR) is 129 cm³/mol. The number of amides is 1. The van der Waals surface area contributed by atoms with Crippen molar-refractivity contribution in [2.24, 2.45) is 0 Å². The van der Waals surface area contributed by atoms with Crippen LogP contribution in [0.3, 0.4) is 0 Å². The quantitative estimate of drug-likeness (QED) is 0.548. The number of sulfonamides is 1. The lowest BCUT2D eigenvalue weighted by Crippen LogP contribution is -2.45. The van der Waals surface area contributed by atoms with E-state index in [2.05, 4.69) is 0 Å². The molecule has 0 spiro atoms. The highest BCUT2D eigenvalue weighted by Gasteiger charge is 2.35. The maximum atomic E-state index is 13.7. The molecular weight excluding hydrogens is 420 g/mol. The molecule has 32 heavy (non-hydrogen) atoms. The Kier molecular flexibility index (Phi) is 6.07. The van der Waals surface area contributed by atoms with Crippen molar-refractivity contribution in [1.82, 2.24) is 0 Å². The molecule has 1 heterocycles. The summed E-state index contributed by atoms with van der Waals surface area (Å²) in [5, 5.41) is 0. The minimum atomic E-state index is -3.94. The first-order valence-electron chi connectivity index (χ1n) is 10.9. The largest absolute Gasteiger partial charge is 0.307 e. The molecule has 0 bridgehead atoms. The molecule has 1 atom stereocenters. The summed E-state index contributed by atoms with van der Waals surface area (Å²) in [6.45, 7) is 5.63. The first-order chi connectivity index (χ1) is 15.3. The first-order valence-corrected chi connectivity index (χ1v) is 12.3. The molecule has 0 fully saturated rings. The number of aryl methyl sites for hydroxylation is 2. The number of para-hydroxylation sites is 2. The van der Waals surface area contributed by atoms with E-state index in [0.717, 1.165) is 28.8 Å². The van der Waals surface area contributed by atoms with Gasteiger partial charge in [0.05, 0.1) is 10.6 Å². The van der Waals surface area contributed by atoms with Crippen LogP contribution in [0.2, 0.25) is 0 Å². The van der Waals surface area contributed by atoms with Crippen molar-refractivity contribution in [2.45, 2.75) is 44.6 Å². The van der Waals surface area contributed by atoms with E-state index in [1.54, 1.807) is 35.2 Å². The smallest absolute Gasteiger partial charge is 0.264 e. The van der Waals surface area contributed by atoms with Crippen molar-refractivity contribution < 1.29 is 13.2 Å². The van der Waals surface area contributed by atoms with Gasteiger partial charge in [-0.2, -0.15) is 0 Å². The molecule has 1 aliphatic rings. The Balaban J connectivity index is 1.77. The monoisotopic (exact) mass is 448 g/mol. The van der Waals surface area contributed by atoms with Crippen molar-refractivity contribution in [3.05, 3.63) is 89.5 Å². The van der Waals surface area contributed by atoms with Gasteiger partial charge in [0.1, 0.15) is 6.54 Å². The summed E-state index contributed by atoms with van der Waals surface area (Å²) in [6.07, 6.45) is 1.42. The van der Waals surface area contributed by atoms with E-state index in [9.17, 15) is 13.2 Å². The number of anilines is 2. The van der Waals surface area contributed by atoms with Crippen molar-refractivity contribution in [3.63, 3.8) is 0 Å². The summed E-state index contributed by atoms with van der Waals surface area (Å²) in [7, 11) is -3.94. The second kappa shape index (κ2) is 8.79. The number of benzene rings is 3. The molecule has 3 aromatic carbocycles. The van der Waals surface area contributed by atoms with Crippen LogP contribution in [0.15, 0.2) is 77.7 Å². The van der Waals surface area contributed by atoms with Gasteiger partial charge in [0.2, 0.25) is 5.91 Å². The number of nitrogens with zero attached hydrogens (tertiary/aromatic N) is 2. The predicted octanol–water partition coefficient (Wildman–Crippen LogP) is 4.73. The summed E-state index contributed by atoms with van der Waals surface area (Å²) in [4.78, 5) is 15.5. The van der Waals surface area contributed by atoms with E-state index in [0.29, 0.717) is 12.1 Å². The minimum Gasteiger partial charge on any atom is -0.307 e. The molecule has 4 rings (SSSR count). The van der Waals surface area contributed by atoms with Crippen LogP contribution < -0.4 is 9.21 Å². The highest BCUT2D eigenvalue weighted by atomic mass is 32.2. The molecular formula is C26H28N2O3S. The molecule has 0 aromatic heterocycles. The van der Waals surface area contributed by atoms with Gasteiger partial charge < -0.3 is 4.90 Å². The second-order valence-corrected chi connectivity index (χ2v) is 10.1. The van der Waals surface area contributed by atoms with Crippen LogP contribution in [0.4, 0.5) is 11.4 Å². The van der Waals surface area contributed by atoms with Crippen LogP contribution in [0, 0.1) is 6.92 Å². The Bertz CT molecular complexity index is 1240. The second-order valence-electron chi connectivity index (χ2n) is 8.25. The lowest BCUT2D eigenvalue weighted by molar-refractivity contribution is -0.117. The Morgan fingerprint density at radius 3 is 2.38 bits per heavy atom. The minimum absolute atomic E-state index is 0.0229. The van der Waals surface area contributed by atoms with Crippen LogP contribution in [0.1, 0.15) is 30.5 Å². The SMILES string of the molecule is CCc1ccccc1N(CC(=O)N1c2ccccc2CC1C)S(=O)(=O)c1ccc(C)cc1. The van der Waals surface area contributed by atoms with E-state index in [1.807, 2.05) is 63.2 Å². The van der Waals surface area contributed by atoms with E-state index in [1.165, 1.54) is 4.31 Å². The standard InChI is InChI=1S/C26H28N2O3S/c1-4-21-9-5-7-11-24(21)27(32(30,31)23-15-13-19(2)14-16-23)18-26(29)28-20(3)17-22-10-6-8-12-25(22)28/h5-16,20H,4,17-18H2,1-3H3. The molecule has 1 aliphatic heterocycles. The van der Waals surface area contributed by atoms with Gasteiger partial charge in [0.25, 0.3) is 10.0 Å². The summed E-state index contributed by atoms with van der Waals surface area (Å²) in [5.74, 6) is -0.232. The van der Waals surface area contributed by atoms with Crippen molar-refractivity contribution in [2.75, 3.05) is 15.7 Å². The molecule has 3 aromatic rings. The molecule has 0 N–H and O–H groups in total. The number of hydrogen-bond acceptors (Lipinski definition) is 3. The van der Waals surface area contributed by atoms with E-state index in [-0.39, 0.29) is 23.4 Å². The molecule has 166 valence electrons. The van der Waals surface area contributed by atoms with E-state index >= 15 is 0 Å². The van der Waals surface area contributed by atoms with Crippen LogP contribution in [0.5, 0.6) is 0 Å². The van der Waals surface area contributed by atoms with Crippen molar-refractivity contribution in [1.29, 1.82) is 0 Å². The van der Waals surface area contributed by atoms with Crippen molar-refractivity contribution >= 4 is 27.3 Å². The third-order valence-corrected chi connectivity index (χ3v) is 7.78.